The predicted octanol–water partition coefficient (Wildman–Crippen LogP) is 4.50. The van der Waals surface area contributed by atoms with Gasteiger partial charge in [-0.3, -0.25) is 9.36 Å². The molecule has 3 aliphatic heterocycles. The van der Waals surface area contributed by atoms with Gasteiger partial charge in [0.15, 0.2) is 28.9 Å². The highest BCUT2D eigenvalue weighted by Gasteiger charge is 2.52. The van der Waals surface area contributed by atoms with Crippen LogP contribution < -0.4 is 10.1 Å². The molecular formula is C34H38N10O10P2S2. The maximum Gasteiger partial charge on any atom is 0.327 e. The lowest BCUT2D eigenvalue weighted by Gasteiger charge is -2.30. The first-order valence-corrected chi connectivity index (χ1v) is 23.2. The lowest BCUT2D eigenvalue weighted by atomic mass is 10.0. The van der Waals surface area contributed by atoms with E-state index in [0.717, 1.165) is 0 Å². The summed E-state index contributed by atoms with van der Waals surface area (Å²) in [6.07, 6.45) is -0.864. The zero-order valence-corrected chi connectivity index (χ0v) is 34.8. The number of nitrogens with zero attached hydrogens (tertiary/aromatic N) is 9. The summed E-state index contributed by atoms with van der Waals surface area (Å²) >= 11 is 11.6. The molecule has 5 aromatic rings. The largest absolute Gasteiger partial charge is 0.468 e. The predicted molar refractivity (Wildman–Crippen MR) is 212 cm³/mol. The fourth-order valence-electron chi connectivity index (χ4n) is 7.14. The number of methoxy groups -OCH3 is 1. The van der Waals surface area contributed by atoms with Crippen LogP contribution in [0.25, 0.3) is 27.2 Å². The lowest BCUT2D eigenvalue weighted by molar-refractivity contribution is -0.0623. The topological polar surface area (TPSA) is 215 Å². The summed E-state index contributed by atoms with van der Waals surface area (Å²) < 4.78 is 53.6. The molecule has 2 unspecified atom stereocenters. The number of ether oxygens (including phenoxy) is 3. The maximum atomic E-state index is 13.1. The molecule has 7 heterocycles. The first-order valence-electron chi connectivity index (χ1n) is 18.0. The number of rotatable bonds is 8. The molecule has 3 fully saturated rings. The molecule has 24 heteroatoms. The van der Waals surface area contributed by atoms with Crippen LogP contribution >= 0.6 is 13.4 Å². The molecule has 1 aromatic carbocycles. The van der Waals surface area contributed by atoms with Crippen LogP contribution in [0.5, 0.6) is 6.01 Å². The Morgan fingerprint density at radius 2 is 1.71 bits per heavy atom. The van der Waals surface area contributed by atoms with Crippen LogP contribution in [0.1, 0.15) is 42.4 Å². The number of benzene rings is 1. The minimum Gasteiger partial charge on any atom is -0.468 e. The lowest BCUT2D eigenvalue weighted by Crippen LogP contribution is -2.32. The summed E-state index contributed by atoms with van der Waals surface area (Å²) in [6, 6.07) is 8.67. The molecule has 8 rings (SSSR count). The maximum absolute atomic E-state index is 13.1. The SMILES string of the molecule is [C-]#[N+]CCOP1(=S)OC[C@H]2O[C@@H](n3c(OC)nc4c(NC(=O)c5ccccc5)ncnc43)[C@H](OP(O)(=S)OC[C@H]3O[C@@H](n4cnc5c(C)ncnc54)[C@H](C)[C@@H]3O1)[C@@H]2C. The van der Waals surface area contributed by atoms with Crippen molar-refractivity contribution in [2.24, 2.45) is 11.8 Å². The van der Waals surface area contributed by atoms with E-state index in [1.54, 1.807) is 41.2 Å². The fourth-order valence-corrected chi connectivity index (χ4v) is 10.8. The third-order valence-electron chi connectivity index (χ3n) is 10.1. The third kappa shape index (κ3) is 7.90. The van der Waals surface area contributed by atoms with Gasteiger partial charge in [-0.25, -0.2) is 36.1 Å². The molecule has 0 saturated carbocycles. The standard InChI is InChI=1S/C34H38N10O10P2S2/c1-18-22-13-50-56(58,48-12-11-35-4)54-26-19(2)32(43-17-40-24-20(3)36-15-38-29(24)43)52-23(26)14-49-55(46,57)53-27(18)33(51-22)44-30-25(41-34(44)47-5)28(37-16-39-30)42-31(45)21-9-7-6-8-10-21/h6-10,15-19,22-23,26-27,32-33H,11-14H2,1-3,5H3,(H,46,57)(H,37,39,42,45)/t18-,19-,22-,23-,26+,27-,32-,33-,55?,56?/m1/s1. The van der Waals surface area contributed by atoms with Gasteiger partial charge >= 0.3 is 19.4 Å². The number of aromatic nitrogens is 8. The van der Waals surface area contributed by atoms with E-state index in [2.05, 4.69) is 40.1 Å². The van der Waals surface area contributed by atoms with Crippen molar-refractivity contribution >= 4 is 71.1 Å². The van der Waals surface area contributed by atoms with Gasteiger partial charge in [-0.2, -0.15) is 4.98 Å². The molecule has 0 radical (unpaired) electrons. The molecule has 0 spiro atoms. The van der Waals surface area contributed by atoms with E-state index in [1.807, 2.05) is 20.8 Å². The van der Waals surface area contributed by atoms with Crippen molar-refractivity contribution in [2.45, 2.75) is 57.6 Å². The second-order valence-corrected chi connectivity index (χ2v) is 19.4. The van der Waals surface area contributed by atoms with Crippen LogP contribution in [0.2, 0.25) is 0 Å². The Morgan fingerprint density at radius 1 is 0.966 bits per heavy atom. The molecule has 1 amide bonds. The summed E-state index contributed by atoms with van der Waals surface area (Å²) in [5.41, 5.74) is 2.68. The summed E-state index contributed by atoms with van der Waals surface area (Å²) in [6.45, 7) is 4.69. The van der Waals surface area contributed by atoms with Crippen LogP contribution in [0.3, 0.4) is 0 Å². The van der Waals surface area contributed by atoms with Crippen molar-refractivity contribution in [3.05, 3.63) is 72.0 Å². The number of amides is 1. The van der Waals surface area contributed by atoms with E-state index in [0.29, 0.717) is 22.4 Å². The normalized spacial score (nSPS) is 31.5. The van der Waals surface area contributed by atoms with Crippen molar-refractivity contribution in [1.29, 1.82) is 0 Å². The second kappa shape index (κ2) is 16.6. The quantitative estimate of drug-likeness (QED) is 0.125. The van der Waals surface area contributed by atoms with Gasteiger partial charge in [0.05, 0.1) is 38.4 Å². The van der Waals surface area contributed by atoms with Gasteiger partial charge in [0, 0.05) is 17.4 Å². The highest BCUT2D eigenvalue weighted by atomic mass is 32.5. The zero-order chi connectivity index (χ0) is 40.8. The Balaban J connectivity index is 1.13. The summed E-state index contributed by atoms with van der Waals surface area (Å²) in [5.74, 6) is -1.24. The minimum absolute atomic E-state index is 0.0159. The van der Waals surface area contributed by atoms with Crippen LogP contribution in [0.15, 0.2) is 49.3 Å². The average molecular weight is 873 g/mol. The Morgan fingerprint density at radius 3 is 2.48 bits per heavy atom. The molecule has 4 aromatic heterocycles. The van der Waals surface area contributed by atoms with E-state index in [4.69, 9.17) is 67.0 Å². The molecule has 3 aliphatic rings. The number of hydrogen-bond donors (Lipinski definition) is 2. The van der Waals surface area contributed by atoms with Gasteiger partial charge in [-0.1, -0.05) is 32.0 Å². The molecule has 2 bridgehead atoms. The summed E-state index contributed by atoms with van der Waals surface area (Å²) in [5, 5.41) is 2.79. The van der Waals surface area contributed by atoms with Crippen molar-refractivity contribution in [3.63, 3.8) is 0 Å². The first-order chi connectivity index (χ1) is 27.9. The van der Waals surface area contributed by atoms with Gasteiger partial charge in [-0.15, -0.1) is 0 Å². The van der Waals surface area contributed by atoms with E-state index in [1.165, 1.54) is 24.3 Å². The van der Waals surface area contributed by atoms with Gasteiger partial charge in [0.1, 0.15) is 49.3 Å². The first kappa shape index (κ1) is 40.8. The zero-order valence-electron chi connectivity index (χ0n) is 31.4. The molecular weight excluding hydrogens is 835 g/mol. The summed E-state index contributed by atoms with van der Waals surface area (Å²) in [4.78, 5) is 54.8. The number of carbonyl (C=O) groups is 1. The number of anilines is 1. The molecule has 0 aliphatic carbocycles. The molecule has 20 nitrogen and oxygen atoms in total. The number of nitrogens with one attached hydrogen (secondary N) is 1. The Bertz CT molecular complexity index is 2470. The molecule has 2 N–H and O–H groups in total. The Labute approximate surface area is 341 Å². The van der Waals surface area contributed by atoms with Crippen LogP contribution in [-0.4, -0.2) is 108 Å². The van der Waals surface area contributed by atoms with Crippen molar-refractivity contribution < 1.29 is 46.5 Å². The van der Waals surface area contributed by atoms with E-state index in [-0.39, 0.29) is 49.4 Å². The van der Waals surface area contributed by atoms with Crippen molar-refractivity contribution in [3.8, 4) is 6.01 Å². The highest BCUT2D eigenvalue weighted by Crippen LogP contribution is 2.58. The fraction of sp³-hybridized carbons (Fsp3) is 0.471. The van der Waals surface area contributed by atoms with Crippen LogP contribution in [-0.2, 0) is 55.7 Å². The van der Waals surface area contributed by atoms with Crippen molar-refractivity contribution in [2.75, 3.05) is 38.8 Å². The summed E-state index contributed by atoms with van der Waals surface area (Å²) in [7, 11) is 1.41. The van der Waals surface area contributed by atoms with Gasteiger partial charge in [0.2, 0.25) is 6.54 Å². The minimum atomic E-state index is -4.08. The number of carbonyl (C=O) groups excluding carboxylic acids is 1. The van der Waals surface area contributed by atoms with Crippen molar-refractivity contribution in [1.82, 2.24) is 39.0 Å². The monoisotopic (exact) mass is 872 g/mol. The number of fused-ring (bicyclic) bond motifs is 5. The van der Waals surface area contributed by atoms with Gasteiger partial charge in [-0.05, 0) is 42.7 Å². The van der Waals surface area contributed by atoms with Gasteiger partial charge < -0.3 is 51.9 Å². The Hall–Kier alpha value is -3.94. The number of hydrogen-bond acceptors (Lipinski definition) is 17. The third-order valence-corrected chi connectivity index (χ3v) is 14.0. The average Bonchev–Trinajstić information content (AvgIpc) is 3.96. The second-order valence-electron chi connectivity index (χ2n) is 13.7. The number of aryl methyl sites for hydroxylation is 1. The smallest absolute Gasteiger partial charge is 0.327 e. The highest BCUT2D eigenvalue weighted by molar-refractivity contribution is 8.07. The van der Waals surface area contributed by atoms with Crippen LogP contribution in [0, 0.1) is 25.3 Å². The molecule has 3 saturated heterocycles. The van der Waals surface area contributed by atoms with E-state index >= 15 is 0 Å². The molecule has 306 valence electrons. The van der Waals surface area contributed by atoms with E-state index in [9.17, 15) is 9.69 Å². The molecule has 58 heavy (non-hydrogen) atoms. The van der Waals surface area contributed by atoms with Crippen LogP contribution in [0.4, 0.5) is 5.82 Å². The number of imidazole rings is 2. The molecule has 10 atom stereocenters. The van der Waals surface area contributed by atoms with E-state index < -0.39 is 68.1 Å². The van der Waals surface area contributed by atoms with Gasteiger partial charge in [0.25, 0.3) is 5.91 Å². The Kier molecular flexibility index (Phi) is 11.7.